The van der Waals surface area contributed by atoms with E-state index in [-0.39, 0.29) is 29.3 Å². The Morgan fingerprint density at radius 3 is 2.44 bits per heavy atom. The normalized spacial score (nSPS) is 49.1. The first-order valence-corrected chi connectivity index (χ1v) is 14.2. The van der Waals surface area contributed by atoms with Crippen LogP contribution in [0.5, 0.6) is 0 Å². The average molecular weight is 471 g/mol. The number of hydrogen-bond donors (Lipinski definition) is 1. The van der Waals surface area contributed by atoms with Crippen LogP contribution >= 0.6 is 0 Å². The predicted molar refractivity (Wildman–Crippen MR) is 138 cm³/mol. The zero-order chi connectivity index (χ0) is 24.7. The molecule has 0 amide bonds. The van der Waals surface area contributed by atoms with Crippen LogP contribution in [0.2, 0.25) is 0 Å². The maximum absolute atomic E-state index is 10.9. The highest BCUT2D eigenvalue weighted by atomic mass is 16.7. The molecule has 1 heterocycles. The molecule has 5 rings (SSSR count). The van der Waals surface area contributed by atoms with Gasteiger partial charge in [-0.15, -0.1) is 0 Å². The number of rotatable bonds is 3. The lowest BCUT2D eigenvalue weighted by Crippen LogP contribution is -2.55. The number of methoxy groups -OCH3 is 1. The quantitative estimate of drug-likeness (QED) is 0.436. The van der Waals surface area contributed by atoms with Crippen LogP contribution in [0.3, 0.4) is 0 Å². The number of aliphatic hydroxyl groups excluding tert-OH is 1. The van der Waals surface area contributed by atoms with Gasteiger partial charge in [0.1, 0.15) is 0 Å². The van der Waals surface area contributed by atoms with Gasteiger partial charge in [-0.2, -0.15) is 0 Å². The standard InChI is InChI=1S/C31H50O3/c1-19-9-11-24(34-27(19)33-8)20(2)21-13-17-31(7)23-10-12-25-28(3,4)26(32)15-16-29(25,5)22(23)14-18-30(21,31)6/h9,20-21,24-27,32H,10-18H2,1-8H3/t20-,21+,24-,25-,26+,27-,29+,30+,31-/m0/s1. The van der Waals surface area contributed by atoms with E-state index in [1.165, 1.54) is 44.1 Å². The first-order chi connectivity index (χ1) is 15.9. The third-order valence-corrected chi connectivity index (χ3v) is 12.6. The number of hydrogen-bond acceptors (Lipinski definition) is 3. The molecule has 0 bridgehead atoms. The summed E-state index contributed by atoms with van der Waals surface area (Å²) in [7, 11) is 1.76. The molecule has 9 atom stereocenters. The van der Waals surface area contributed by atoms with E-state index in [1.54, 1.807) is 7.11 Å². The van der Waals surface area contributed by atoms with Gasteiger partial charge in [0.15, 0.2) is 6.29 Å². The Balaban J connectivity index is 1.46. The Bertz CT molecular complexity index is 885. The van der Waals surface area contributed by atoms with Crippen LogP contribution in [-0.2, 0) is 9.47 Å². The molecular formula is C31H50O3. The summed E-state index contributed by atoms with van der Waals surface area (Å²) < 4.78 is 12.1. The molecule has 0 unspecified atom stereocenters. The van der Waals surface area contributed by atoms with Gasteiger partial charge in [0.25, 0.3) is 0 Å². The van der Waals surface area contributed by atoms with E-state index in [0.717, 1.165) is 19.3 Å². The lowest BCUT2D eigenvalue weighted by molar-refractivity contribution is -0.163. The topological polar surface area (TPSA) is 38.7 Å². The molecule has 0 saturated heterocycles. The van der Waals surface area contributed by atoms with Gasteiger partial charge in [-0.25, -0.2) is 0 Å². The Kier molecular flexibility index (Phi) is 6.02. The van der Waals surface area contributed by atoms with Gasteiger partial charge in [-0.05, 0) is 110 Å². The van der Waals surface area contributed by atoms with Crippen molar-refractivity contribution in [1.29, 1.82) is 0 Å². The average Bonchev–Trinajstić information content (AvgIpc) is 3.08. The van der Waals surface area contributed by atoms with Crippen molar-refractivity contribution in [3.8, 4) is 0 Å². The molecule has 0 aromatic carbocycles. The third kappa shape index (κ3) is 3.25. The summed E-state index contributed by atoms with van der Waals surface area (Å²) in [4.78, 5) is 0. The van der Waals surface area contributed by atoms with Gasteiger partial charge in [-0.3, -0.25) is 0 Å². The first-order valence-electron chi connectivity index (χ1n) is 14.2. The largest absolute Gasteiger partial charge is 0.393 e. The van der Waals surface area contributed by atoms with Crippen LogP contribution in [0, 0.1) is 39.4 Å². The van der Waals surface area contributed by atoms with Gasteiger partial charge in [0.2, 0.25) is 0 Å². The Morgan fingerprint density at radius 1 is 1.00 bits per heavy atom. The smallest absolute Gasteiger partial charge is 0.179 e. The fraction of sp³-hybridized carbons (Fsp3) is 0.871. The minimum atomic E-state index is -0.178. The highest BCUT2D eigenvalue weighted by Gasteiger charge is 2.63. The lowest BCUT2D eigenvalue weighted by Gasteiger charge is -2.62. The molecule has 2 saturated carbocycles. The Morgan fingerprint density at radius 2 is 1.74 bits per heavy atom. The number of aliphatic hydroxyl groups is 1. The minimum Gasteiger partial charge on any atom is -0.393 e. The highest BCUT2D eigenvalue weighted by molar-refractivity contribution is 5.38. The third-order valence-electron chi connectivity index (χ3n) is 12.6. The number of fused-ring (bicyclic) bond motifs is 4. The van der Waals surface area contributed by atoms with Crippen LogP contribution in [0.1, 0.15) is 106 Å². The van der Waals surface area contributed by atoms with E-state index in [1.807, 2.05) is 11.1 Å². The first kappa shape index (κ1) is 25.0. The minimum absolute atomic E-state index is 0.0156. The second-order valence-corrected chi connectivity index (χ2v) is 14.0. The van der Waals surface area contributed by atoms with Crippen LogP contribution in [0.15, 0.2) is 22.8 Å². The van der Waals surface area contributed by atoms with Crippen molar-refractivity contribution in [2.75, 3.05) is 7.11 Å². The van der Waals surface area contributed by atoms with Crippen molar-refractivity contribution in [2.45, 2.75) is 125 Å². The molecule has 34 heavy (non-hydrogen) atoms. The molecule has 0 aromatic heterocycles. The van der Waals surface area contributed by atoms with Crippen molar-refractivity contribution in [2.24, 2.45) is 39.4 Å². The highest BCUT2D eigenvalue weighted by Crippen LogP contribution is 2.72. The summed E-state index contributed by atoms with van der Waals surface area (Å²) in [5, 5.41) is 10.9. The van der Waals surface area contributed by atoms with Crippen LogP contribution in [0.4, 0.5) is 0 Å². The molecule has 1 N–H and O–H groups in total. The van der Waals surface area contributed by atoms with E-state index in [4.69, 9.17) is 9.47 Å². The number of ether oxygens (including phenoxy) is 2. The van der Waals surface area contributed by atoms with Crippen LogP contribution in [-0.4, -0.2) is 30.7 Å². The molecule has 3 nitrogen and oxygen atoms in total. The fourth-order valence-electron chi connectivity index (χ4n) is 10.1. The molecule has 0 aromatic rings. The zero-order valence-electron chi connectivity index (χ0n) is 23.2. The van der Waals surface area contributed by atoms with Gasteiger partial charge in [0, 0.05) is 7.11 Å². The summed E-state index contributed by atoms with van der Waals surface area (Å²) >= 11 is 0. The van der Waals surface area contributed by atoms with Gasteiger partial charge in [0.05, 0.1) is 12.2 Å². The molecule has 2 fully saturated rings. The summed E-state index contributed by atoms with van der Waals surface area (Å²) in [6, 6.07) is 0. The van der Waals surface area contributed by atoms with E-state index in [0.29, 0.717) is 28.6 Å². The maximum Gasteiger partial charge on any atom is 0.179 e. The molecule has 1 aliphatic heterocycles. The van der Waals surface area contributed by atoms with Crippen molar-refractivity contribution in [1.82, 2.24) is 0 Å². The predicted octanol–water partition coefficient (Wildman–Crippen LogP) is 7.44. The van der Waals surface area contributed by atoms with E-state index < -0.39 is 0 Å². The zero-order valence-corrected chi connectivity index (χ0v) is 23.2. The van der Waals surface area contributed by atoms with E-state index in [9.17, 15) is 5.11 Å². The summed E-state index contributed by atoms with van der Waals surface area (Å²) in [5.41, 5.74) is 5.77. The summed E-state index contributed by atoms with van der Waals surface area (Å²) in [6.07, 6.45) is 13.1. The molecular weight excluding hydrogens is 420 g/mol. The second kappa shape index (κ2) is 8.18. The number of allylic oxidation sites excluding steroid dienone is 2. The molecule has 0 radical (unpaired) electrons. The second-order valence-electron chi connectivity index (χ2n) is 14.0. The van der Waals surface area contributed by atoms with E-state index in [2.05, 4.69) is 54.5 Å². The Hall–Kier alpha value is -0.640. The molecule has 0 spiro atoms. The molecule has 4 aliphatic carbocycles. The van der Waals surface area contributed by atoms with Gasteiger partial charge >= 0.3 is 0 Å². The SMILES string of the molecule is CO[C@H]1O[C@H]([C@@H](C)[C@H]2CC[C@@]3(C)C4=C(CC[C@]23C)[C@@]2(C)CC[C@@H](O)C(C)(C)[C@@H]2CC4)CC=C1C. The van der Waals surface area contributed by atoms with E-state index >= 15 is 0 Å². The van der Waals surface area contributed by atoms with Crippen molar-refractivity contribution in [3.05, 3.63) is 22.8 Å². The van der Waals surface area contributed by atoms with Crippen molar-refractivity contribution < 1.29 is 14.6 Å². The van der Waals surface area contributed by atoms with Crippen LogP contribution < -0.4 is 0 Å². The van der Waals surface area contributed by atoms with Crippen LogP contribution in [0.25, 0.3) is 0 Å². The molecule has 192 valence electrons. The van der Waals surface area contributed by atoms with Crippen molar-refractivity contribution >= 4 is 0 Å². The van der Waals surface area contributed by atoms with Crippen molar-refractivity contribution in [3.63, 3.8) is 0 Å². The fourth-order valence-corrected chi connectivity index (χ4v) is 10.1. The summed E-state index contributed by atoms with van der Waals surface area (Å²) in [5.74, 6) is 1.82. The van der Waals surface area contributed by atoms with Gasteiger partial charge < -0.3 is 14.6 Å². The monoisotopic (exact) mass is 470 g/mol. The molecule has 5 aliphatic rings. The molecule has 3 heteroatoms. The Labute approximate surface area is 208 Å². The maximum atomic E-state index is 10.9. The van der Waals surface area contributed by atoms with Gasteiger partial charge in [-0.1, -0.05) is 58.8 Å². The summed E-state index contributed by atoms with van der Waals surface area (Å²) in [6.45, 7) is 17.1. The lowest BCUT2D eigenvalue weighted by atomic mass is 9.43.